The summed E-state index contributed by atoms with van der Waals surface area (Å²) in [5.41, 5.74) is 6.37. The van der Waals surface area contributed by atoms with Crippen molar-refractivity contribution in [2.45, 2.75) is 19.8 Å². The second-order valence-corrected chi connectivity index (χ2v) is 4.56. The van der Waals surface area contributed by atoms with Crippen LogP contribution in [-0.2, 0) is 4.74 Å². The SMILES string of the molecule is CCOC[C@@H]1CCCN(c2ccc(N)cn2)C1. The van der Waals surface area contributed by atoms with Crippen molar-refractivity contribution in [3.05, 3.63) is 18.3 Å². The van der Waals surface area contributed by atoms with E-state index in [1.165, 1.54) is 12.8 Å². The van der Waals surface area contributed by atoms with Crippen LogP contribution in [0.3, 0.4) is 0 Å². The summed E-state index contributed by atoms with van der Waals surface area (Å²) in [4.78, 5) is 6.70. The van der Waals surface area contributed by atoms with Gasteiger partial charge in [0.25, 0.3) is 0 Å². The van der Waals surface area contributed by atoms with E-state index in [0.29, 0.717) is 5.92 Å². The Labute approximate surface area is 103 Å². The molecule has 1 atom stereocenters. The smallest absolute Gasteiger partial charge is 0.128 e. The van der Waals surface area contributed by atoms with Crippen LogP contribution in [0.1, 0.15) is 19.8 Å². The fourth-order valence-electron chi connectivity index (χ4n) is 2.28. The molecule has 0 amide bonds. The van der Waals surface area contributed by atoms with Gasteiger partial charge in [-0.2, -0.15) is 0 Å². The summed E-state index contributed by atoms with van der Waals surface area (Å²) in [6.07, 6.45) is 4.19. The number of hydrogen-bond acceptors (Lipinski definition) is 4. The van der Waals surface area contributed by atoms with E-state index in [1.54, 1.807) is 6.20 Å². The van der Waals surface area contributed by atoms with Gasteiger partial charge >= 0.3 is 0 Å². The number of anilines is 2. The van der Waals surface area contributed by atoms with Crippen LogP contribution in [-0.4, -0.2) is 31.3 Å². The van der Waals surface area contributed by atoms with Gasteiger partial charge in [0.1, 0.15) is 5.82 Å². The monoisotopic (exact) mass is 235 g/mol. The van der Waals surface area contributed by atoms with Gasteiger partial charge in [-0.3, -0.25) is 0 Å². The van der Waals surface area contributed by atoms with E-state index in [0.717, 1.165) is 37.8 Å². The van der Waals surface area contributed by atoms with Crippen molar-refractivity contribution >= 4 is 11.5 Å². The van der Waals surface area contributed by atoms with Crippen molar-refractivity contribution in [2.75, 3.05) is 36.9 Å². The molecular weight excluding hydrogens is 214 g/mol. The van der Waals surface area contributed by atoms with E-state index < -0.39 is 0 Å². The lowest BCUT2D eigenvalue weighted by molar-refractivity contribution is 0.104. The van der Waals surface area contributed by atoms with Crippen molar-refractivity contribution in [2.24, 2.45) is 5.92 Å². The normalized spacial score (nSPS) is 20.5. The Morgan fingerprint density at radius 3 is 3.12 bits per heavy atom. The number of nitrogens with zero attached hydrogens (tertiary/aromatic N) is 2. The molecule has 2 heterocycles. The highest BCUT2D eigenvalue weighted by molar-refractivity contribution is 5.46. The highest BCUT2D eigenvalue weighted by Gasteiger charge is 2.20. The van der Waals surface area contributed by atoms with Gasteiger partial charge in [-0.25, -0.2) is 4.98 Å². The minimum absolute atomic E-state index is 0.628. The lowest BCUT2D eigenvalue weighted by Crippen LogP contribution is -2.37. The van der Waals surface area contributed by atoms with E-state index in [4.69, 9.17) is 10.5 Å². The Morgan fingerprint density at radius 1 is 1.53 bits per heavy atom. The zero-order valence-electron chi connectivity index (χ0n) is 10.4. The molecule has 1 aromatic heterocycles. The van der Waals surface area contributed by atoms with Crippen LogP contribution in [0.2, 0.25) is 0 Å². The Morgan fingerprint density at radius 2 is 2.41 bits per heavy atom. The van der Waals surface area contributed by atoms with Crippen LogP contribution in [0.4, 0.5) is 11.5 Å². The number of pyridine rings is 1. The van der Waals surface area contributed by atoms with Gasteiger partial charge in [-0.1, -0.05) is 0 Å². The number of aromatic nitrogens is 1. The summed E-state index contributed by atoms with van der Waals surface area (Å²) in [6.45, 7) is 5.83. The summed E-state index contributed by atoms with van der Waals surface area (Å²) in [6, 6.07) is 3.91. The summed E-state index contributed by atoms with van der Waals surface area (Å²) in [5.74, 6) is 1.66. The van der Waals surface area contributed by atoms with E-state index in [-0.39, 0.29) is 0 Å². The third-order valence-electron chi connectivity index (χ3n) is 3.17. The van der Waals surface area contributed by atoms with E-state index in [9.17, 15) is 0 Å². The molecule has 0 bridgehead atoms. The van der Waals surface area contributed by atoms with Crippen LogP contribution in [0.5, 0.6) is 0 Å². The van der Waals surface area contributed by atoms with E-state index >= 15 is 0 Å². The molecule has 17 heavy (non-hydrogen) atoms. The first-order chi connectivity index (χ1) is 8.29. The van der Waals surface area contributed by atoms with Gasteiger partial charge in [0.2, 0.25) is 0 Å². The van der Waals surface area contributed by atoms with Crippen LogP contribution >= 0.6 is 0 Å². The third-order valence-corrected chi connectivity index (χ3v) is 3.17. The summed E-state index contributed by atoms with van der Waals surface area (Å²) < 4.78 is 5.51. The van der Waals surface area contributed by atoms with Crippen LogP contribution in [0, 0.1) is 5.92 Å². The molecule has 2 rings (SSSR count). The van der Waals surface area contributed by atoms with Crippen molar-refractivity contribution in [1.29, 1.82) is 0 Å². The van der Waals surface area contributed by atoms with Crippen molar-refractivity contribution in [1.82, 2.24) is 4.98 Å². The first-order valence-corrected chi connectivity index (χ1v) is 6.34. The van der Waals surface area contributed by atoms with Crippen molar-refractivity contribution in [3.63, 3.8) is 0 Å². The maximum atomic E-state index is 5.65. The number of hydrogen-bond donors (Lipinski definition) is 1. The molecule has 4 nitrogen and oxygen atoms in total. The Hall–Kier alpha value is -1.29. The predicted octanol–water partition coefficient (Wildman–Crippen LogP) is 1.92. The maximum absolute atomic E-state index is 5.65. The molecule has 1 saturated heterocycles. The maximum Gasteiger partial charge on any atom is 0.128 e. The largest absolute Gasteiger partial charge is 0.397 e. The Bertz CT molecular complexity index is 339. The zero-order chi connectivity index (χ0) is 12.1. The topological polar surface area (TPSA) is 51.4 Å². The first kappa shape index (κ1) is 12.2. The van der Waals surface area contributed by atoms with Crippen LogP contribution in [0.15, 0.2) is 18.3 Å². The summed E-state index contributed by atoms with van der Waals surface area (Å²) in [5, 5.41) is 0. The van der Waals surface area contributed by atoms with Gasteiger partial charge in [0.15, 0.2) is 0 Å². The molecule has 1 fully saturated rings. The average Bonchev–Trinajstić information content (AvgIpc) is 2.37. The minimum atomic E-state index is 0.628. The molecule has 0 unspecified atom stereocenters. The molecule has 0 aromatic carbocycles. The third kappa shape index (κ3) is 3.33. The van der Waals surface area contributed by atoms with Crippen LogP contribution in [0.25, 0.3) is 0 Å². The molecule has 0 spiro atoms. The van der Waals surface area contributed by atoms with Crippen molar-refractivity contribution < 1.29 is 4.74 Å². The molecule has 1 aliphatic rings. The Balaban J connectivity index is 1.94. The van der Waals surface area contributed by atoms with Gasteiger partial charge < -0.3 is 15.4 Å². The van der Waals surface area contributed by atoms with Gasteiger partial charge in [-0.05, 0) is 37.8 Å². The number of piperidine rings is 1. The molecule has 94 valence electrons. The molecule has 0 aliphatic carbocycles. The Kier molecular flexibility index (Phi) is 4.20. The quantitative estimate of drug-likeness (QED) is 0.866. The van der Waals surface area contributed by atoms with E-state index in [1.807, 2.05) is 19.1 Å². The second kappa shape index (κ2) is 5.87. The number of nitrogen functional groups attached to an aromatic ring is 1. The molecule has 1 aromatic rings. The summed E-state index contributed by atoms with van der Waals surface area (Å²) in [7, 11) is 0. The lowest BCUT2D eigenvalue weighted by atomic mass is 9.99. The lowest BCUT2D eigenvalue weighted by Gasteiger charge is -2.33. The van der Waals surface area contributed by atoms with Crippen LogP contribution < -0.4 is 10.6 Å². The molecule has 1 aliphatic heterocycles. The van der Waals surface area contributed by atoms with Gasteiger partial charge in [0.05, 0.1) is 18.5 Å². The highest BCUT2D eigenvalue weighted by atomic mass is 16.5. The number of rotatable bonds is 4. The predicted molar refractivity (Wildman–Crippen MR) is 70.1 cm³/mol. The minimum Gasteiger partial charge on any atom is -0.397 e. The second-order valence-electron chi connectivity index (χ2n) is 4.56. The molecule has 0 radical (unpaired) electrons. The molecular formula is C13H21N3O. The fourth-order valence-corrected chi connectivity index (χ4v) is 2.28. The standard InChI is InChI=1S/C13H21N3O/c1-2-17-10-11-4-3-7-16(9-11)13-6-5-12(14)8-15-13/h5-6,8,11H,2-4,7,9-10,14H2,1H3/t11-/m1/s1. The number of ether oxygens (including phenoxy) is 1. The molecule has 4 heteroatoms. The van der Waals surface area contributed by atoms with Gasteiger partial charge in [-0.15, -0.1) is 0 Å². The molecule has 0 saturated carbocycles. The highest BCUT2D eigenvalue weighted by Crippen LogP contribution is 2.22. The first-order valence-electron chi connectivity index (χ1n) is 6.34. The average molecular weight is 235 g/mol. The van der Waals surface area contributed by atoms with Gasteiger partial charge in [0, 0.05) is 19.7 Å². The summed E-state index contributed by atoms with van der Waals surface area (Å²) >= 11 is 0. The van der Waals surface area contributed by atoms with E-state index in [2.05, 4.69) is 9.88 Å². The van der Waals surface area contributed by atoms with Crippen molar-refractivity contribution in [3.8, 4) is 0 Å². The molecule has 2 N–H and O–H groups in total. The number of nitrogens with two attached hydrogens (primary N) is 1. The fraction of sp³-hybridized carbons (Fsp3) is 0.615. The zero-order valence-corrected chi connectivity index (χ0v) is 10.4.